The van der Waals surface area contributed by atoms with E-state index in [0.717, 1.165) is 0 Å². The Morgan fingerprint density at radius 2 is 1.87 bits per heavy atom. The van der Waals surface area contributed by atoms with Crippen LogP contribution in [0, 0.1) is 6.92 Å². The Morgan fingerprint density at radius 3 is 2.52 bits per heavy atom. The van der Waals surface area contributed by atoms with Gasteiger partial charge in [-0.05, 0) is 24.6 Å². The molecule has 122 valence electrons. The Balaban J connectivity index is 1.94. The van der Waals surface area contributed by atoms with Gasteiger partial charge in [-0.2, -0.15) is 0 Å². The normalized spacial score (nSPS) is 11.9. The summed E-state index contributed by atoms with van der Waals surface area (Å²) in [5, 5.41) is 31.3. The monoisotopic (exact) mass is 318 g/mol. The predicted octanol–water partition coefficient (Wildman–Crippen LogP) is 0.418. The van der Waals surface area contributed by atoms with E-state index in [4.69, 9.17) is 0 Å². The highest BCUT2D eigenvalue weighted by molar-refractivity contribution is 5.75. The van der Waals surface area contributed by atoms with Crippen LogP contribution in [0.15, 0.2) is 41.3 Å². The second-order valence-corrected chi connectivity index (χ2v) is 5.15. The standard InChI is InChI=1S/C16H18N2O5/c1-10-16(23)13(20)6-7-18(10)9-15(22)17-8-14(21)11-2-4-12(19)5-3-11/h2-7,14,19,21,23H,8-9H2,1H3,(H,17,22). The van der Waals surface area contributed by atoms with Crippen molar-refractivity contribution in [2.75, 3.05) is 6.54 Å². The molecule has 1 aromatic heterocycles. The van der Waals surface area contributed by atoms with Gasteiger partial charge in [0, 0.05) is 18.8 Å². The van der Waals surface area contributed by atoms with E-state index in [1.165, 1.54) is 35.9 Å². The van der Waals surface area contributed by atoms with Crippen LogP contribution in [0.2, 0.25) is 0 Å². The minimum Gasteiger partial charge on any atom is -0.508 e. The number of hydrogen-bond acceptors (Lipinski definition) is 5. The highest BCUT2D eigenvalue weighted by Gasteiger charge is 2.12. The fourth-order valence-corrected chi connectivity index (χ4v) is 2.07. The van der Waals surface area contributed by atoms with Crippen LogP contribution in [-0.2, 0) is 11.3 Å². The van der Waals surface area contributed by atoms with Gasteiger partial charge in [-0.1, -0.05) is 12.1 Å². The van der Waals surface area contributed by atoms with Crippen molar-refractivity contribution in [1.82, 2.24) is 9.88 Å². The van der Waals surface area contributed by atoms with Gasteiger partial charge in [-0.3, -0.25) is 9.59 Å². The molecule has 2 rings (SSSR count). The van der Waals surface area contributed by atoms with Crippen LogP contribution in [0.25, 0.3) is 0 Å². The van der Waals surface area contributed by atoms with Gasteiger partial charge >= 0.3 is 0 Å². The van der Waals surface area contributed by atoms with Crippen LogP contribution in [0.5, 0.6) is 11.5 Å². The molecule has 0 bridgehead atoms. The van der Waals surface area contributed by atoms with Crippen molar-refractivity contribution in [3.63, 3.8) is 0 Å². The average molecular weight is 318 g/mol. The number of aromatic hydroxyl groups is 2. The molecule has 1 amide bonds. The number of nitrogens with zero attached hydrogens (tertiary/aromatic N) is 1. The third-order valence-electron chi connectivity index (χ3n) is 3.50. The van der Waals surface area contributed by atoms with Crippen LogP contribution in [0.4, 0.5) is 0 Å². The molecule has 0 saturated carbocycles. The largest absolute Gasteiger partial charge is 0.508 e. The van der Waals surface area contributed by atoms with Gasteiger partial charge < -0.3 is 25.2 Å². The summed E-state index contributed by atoms with van der Waals surface area (Å²) in [5.74, 6) is -0.656. The van der Waals surface area contributed by atoms with E-state index >= 15 is 0 Å². The quantitative estimate of drug-likeness (QED) is 0.638. The third-order valence-corrected chi connectivity index (χ3v) is 3.50. The lowest BCUT2D eigenvalue weighted by molar-refractivity contribution is -0.122. The zero-order chi connectivity index (χ0) is 17.0. The summed E-state index contributed by atoms with van der Waals surface area (Å²) in [6.45, 7) is 1.46. The molecule has 7 nitrogen and oxygen atoms in total. The number of hydrogen-bond donors (Lipinski definition) is 4. The molecule has 0 saturated heterocycles. The number of phenolic OH excluding ortho intramolecular Hbond substituents is 1. The van der Waals surface area contributed by atoms with Gasteiger partial charge in [-0.15, -0.1) is 0 Å². The zero-order valence-corrected chi connectivity index (χ0v) is 12.6. The van der Waals surface area contributed by atoms with Crippen LogP contribution in [0.1, 0.15) is 17.4 Å². The van der Waals surface area contributed by atoms with Crippen molar-refractivity contribution in [1.29, 1.82) is 0 Å². The summed E-state index contributed by atoms with van der Waals surface area (Å²) in [7, 11) is 0. The SMILES string of the molecule is Cc1c(O)c(=O)ccn1CC(=O)NCC(O)c1ccc(O)cc1. The predicted molar refractivity (Wildman–Crippen MR) is 83.2 cm³/mol. The first-order chi connectivity index (χ1) is 10.9. The summed E-state index contributed by atoms with van der Waals surface area (Å²) in [6, 6.07) is 7.22. The van der Waals surface area contributed by atoms with E-state index in [2.05, 4.69) is 5.32 Å². The van der Waals surface area contributed by atoms with E-state index in [9.17, 15) is 24.9 Å². The molecule has 1 aromatic carbocycles. The summed E-state index contributed by atoms with van der Waals surface area (Å²) in [4.78, 5) is 23.2. The number of aliphatic hydroxyl groups is 1. The Labute approximate surface area is 132 Å². The number of aliphatic hydroxyl groups excluding tert-OH is 1. The smallest absolute Gasteiger partial charge is 0.240 e. The van der Waals surface area contributed by atoms with Gasteiger partial charge in [-0.25, -0.2) is 0 Å². The topological polar surface area (TPSA) is 112 Å². The molecule has 23 heavy (non-hydrogen) atoms. The molecule has 4 N–H and O–H groups in total. The highest BCUT2D eigenvalue weighted by atomic mass is 16.3. The lowest BCUT2D eigenvalue weighted by Crippen LogP contribution is -2.32. The van der Waals surface area contributed by atoms with E-state index in [1.807, 2.05) is 0 Å². The van der Waals surface area contributed by atoms with Crippen molar-refractivity contribution in [3.8, 4) is 11.5 Å². The summed E-state index contributed by atoms with van der Waals surface area (Å²) < 4.78 is 1.44. The van der Waals surface area contributed by atoms with Crippen LogP contribution >= 0.6 is 0 Å². The second kappa shape index (κ2) is 6.97. The van der Waals surface area contributed by atoms with Crippen molar-refractivity contribution >= 4 is 5.91 Å². The minimum absolute atomic E-state index is 0.00877. The molecule has 1 atom stereocenters. The lowest BCUT2D eigenvalue weighted by Gasteiger charge is -2.14. The van der Waals surface area contributed by atoms with Gasteiger partial charge in [0.25, 0.3) is 0 Å². The number of aromatic nitrogens is 1. The Hall–Kier alpha value is -2.80. The summed E-state index contributed by atoms with van der Waals surface area (Å²) in [5.41, 5.74) is 0.369. The number of amides is 1. The van der Waals surface area contributed by atoms with Crippen molar-refractivity contribution < 1.29 is 20.1 Å². The molecule has 0 radical (unpaired) electrons. The summed E-state index contributed by atoms with van der Waals surface area (Å²) in [6.07, 6.45) is 0.524. The van der Waals surface area contributed by atoms with Crippen LogP contribution in [-0.4, -0.2) is 32.3 Å². The molecule has 1 unspecified atom stereocenters. The number of pyridine rings is 1. The minimum atomic E-state index is -0.900. The number of carbonyl (C=O) groups is 1. The average Bonchev–Trinajstić information content (AvgIpc) is 2.54. The highest BCUT2D eigenvalue weighted by Crippen LogP contribution is 2.16. The van der Waals surface area contributed by atoms with Gasteiger partial charge in [0.15, 0.2) is 5.75 Å². The van der Waals surface area contributed by atoms with Gasteiger partial charge in [0.05, 0.1) is 11.8 Å². The molecule has 0 spiro atoms. The molecule has 0 aliphatic carbocycles. The number of benzene rings is 1. The Bertz CT molecular complexity index is 752. The maximum atomic E-state index is 11.9. The molecular weight excluding hydrogens is 300 g/mol. The van der Waals surface area contributed by atoms with E-state index < -0.39 is 11.5 Å². The molecule has 1 heterocycles. The number of phenols is 1. The Morgan fingerprint density at radius 1 is 1.22 bits per heavy atom. The van der Waals surface area contributed by atoms with Crippen LogP contribution < -0.4 is 10.7 Å². The lowest BCUT2D eigenvalue weighted by atomic mass is 10.1. The Kier molecular flexibility index (Phi) is 5.02. The molecule has 0 aliphatic heterocycles. The van der Waals surface area contributed by atoms with Crippen molar-refractivity contribution in [3.05, 3.63) is 58.0 Å². The number of rotatable bonds is 5. The fourth-order valence-electron chi connectivity index (χ4n) is 2.07. The second-order valence-electron chi connectivity index (χ2n) is 5.15. The van der Waals surface area contributed by atoms with Crippen molar-refractivity contribution in [2.45, 2.75) is 19.6 Å². The van der Waals surface area contributed by atoms with E-state index in [0.29, 0.717) is 11.3 Å². The van der Waals surface area contributed by atoms with Gasteiger partial charge in [0.1, 0.15) is 12.3 Å². The van der Waals surface area contributed by atoms with Gasteiger partial charge in [0.2, 0.25) is 11.3 Å². The molecule has 0 aliphatic rings. The van der Waals surface area contributed by atoms with E-state index in [1.54, 1.807) is 12.1 Å². The zero-order valence-electron chi connectivity index (χ0n) is 12.6. The number of carbonyl (C=O) groups excluding carboxylic acids is 1. The first-order valence-electron chi connectivity index (χ1n) is 7.01. The van der Waals surface area contributed by atoms with Crippen molar-refractivity contribution in [2.24, 2.45) is 0 Å². The molecule has 7 heteroatoms. The molecular formula is C16H18N2O5. The fraction of sp³-hybridized carbons (Fsp3) is 0.250. The maximum absolute atomic E-state index is 11.9. The van der Waals surface area contributed by atoms with Crippen LogP contribution in [0.3, 0.4) is 0 Å². The number of nitrogens with one attached hydrogen (secondary N) is 1. The maximum Gasteiger partial charge on any atom is 0.240 e. The first kappa shape index (κ1) is 16.6. The molecule has 2 aromatic rings. The first-order valence-corrected chi connectivity index (χ1v) is 7.01. The third kappa shape index (κ3) is 4.10. The van der Waals surface area contributed by atoms with E-state index in [-0.39, 0.29) is 30.5 Å². The molecule has 0 fully saturated rings. The summed E-state index contributed by atoms with van der Waals surface area (Å²) >= 11 is 0.